The van der Waals surface area contributed by atoms with E-state index in [2.05, 4.69) is 76.4 Å². The van der Waals surface area contributed by atoms with Gasteiger partial charge >= 0.3 is 0 Å². The van der Waals surface area contributed by atoms with Crippen LogP contribution < -0.4 is 10.6 Å². The van der Waals surface area contributed by atoms with Gasteiger partial charge in [0.1, 0.15) is 0 Å². The topological polar surface area (TPSA) is 24.1 Å². The summed E-state index contributed by atoms with van der Waals surface area (Å²) in [6, 6.07) is 9.23. The van der Waals surface area contributed by atoms with Gasteiger partial charge in [-0.1, -0.05) is 33.6 Å². The second-order valence-corrected chi connectivity index (χ2v) is 7.36. The summed E-state index contributed by atoms with van der Waals surface area (Å²) in [5.74, 6) is 0.729. The first-order valence-electron chi connectivity index (χ1n) is 8.47. The maximum Gasteiger partial charge on any atom is 0.0345 e. The van der Waals surface area contributed by atoms with Crippen molar-refractivity contribution in [2.75, 3.05) is 10.6 Å². The van der Waals surface area contributed by atoms with Gasteiger partial charge in [-0.2, -0.15) is 0 Å². The van der Waals surface area contributed by atoms with Gasteiger partial charge in [0.25, 0.3) is 0 Å². The second kappa shape index (κ2) is 8.31. The van der Waals surface area contributed by atoms with Gasteiger partial charge in [0.05, 0.1) is 0 Å². The predicted octanol–water partition coefficient (Wildman–Crippen LogP) is 5.91. The molecule has 2 N–H and O–H groups in total. The van der Waals surface area contributed by atoms with Gasteiger partial charge in [-0.25, -0.2) is 0 Å². The molecule has 0 fully saturated rings. The molecule has 0 heterocycles. The summed E-state index contributed by atoms with van der Waals surface area (Å²) in [5, 5.41) is 7.21. The zero-order chi connectivity index (χ0) is 15.9. The Balaban J connectivity index is 2.53. The third-order valence-corrected chi connectivity index (χ3v) is 3.76. The summed E-state index contributed by atoms with van der Waals surface area (Å²) in [4.78, 5) is 0. The number of benzene rings is 1. The molecule has 1 rings (SSSR count). The quantitative estimate of drug-likeness (QED) is 0.590. The van der Waals surface area contributed by atoms with Crippen molar-refractivity contribution in [2.24, 2.45) is 5.92 Å². The Morgan fingerprint density at radius 2 is 1.57 bits per heavy atom. The second-order valence-electron chi connectivity index (χ2n) is 7.36. The van der Waals surface area contributed by atoms with Crippen molar-refractivity contribution in [3.05, 3.63) is 24.3 Å². The minimum atomic E-state index is 0.163. The smallest absolute Gasteiger partial charge is 0.0345 e. The molecule has 21 heavy (non-hydrogen) atoms. The van der Waals surface area contributed by atoms with Crippen LogP contribution in [-0.2, 0) is 0 Å². The molecule has 2 heteroatoms. The van der Waals surface area contributed by atoms with Gasteiger partial charge in [0.15, 0.2) is 0 Å². The maximum absolute atomic E-state index is 3.64. The highest BCUT2D eigenvalue weighted by atomic mass is 15.0. The van der Waals surface area contributed by atoms with Crippen molar-refractivity contribution in [2.45, 2.75) is 78.8 Å². The van der Waals surface area contributed by atoms with E-state index in [1.54, 1.807) is 0 Å². The molecule has 0 aromatic heterocycles. The highest BCUT2D eigenvalue weighted by Gasteiger charge is 2.16. The van der Waals surface area contributed by atoms with Crippen LogP contribution in [0.1, 0.15) is 67.2 Å². The molecule has 1 aromatic rings. The van der Waals surface area contributed by atoms with Crippen molar-refractivity contribution >= 4 is 11.4 Å². The van der Waals surface area contributed by atoms with Crippen molar-refractivity contribution in [1.29, 1.82) is 0 Å². The van der Waals surface area contributed by atoms with Crippen LogP contribution in [0.15, 0.2) is 24.3 Å². The molecule has 1 unspecified atom stereocenters. The summed E-state index contributed by atoms with van der Waals surface area (Å²) < 4.78 is 0. The molecule has 2 nitrogen and oxygen atoms in total. The molecule has 0 amide bonds. The monoisotopic (exact) mass is 290 g/mol. The standard InChI is InChI=1S/C19H34N2/c1-7-8-13-19(5,6)21-18-11-9-17(10-12-18)20-16(4)14-15(2)3/h9-12,15-16,20-21H,7-8,13-14H2,1-6H3. The predicted molar refractivity (Wildman–Crippen MR) is 96.2 cm³/mol. The zero-order valence-corrected chi connectivity index (χ0v) is 14.8. The Bertz CT molecular complexity index is 393. The fourth-order valence-electron chi connectivity index (χ4n) is 2.77. The number of unbranched alkanes of at least 4 members (excludes halogenated alkanes) is 1. The minimum Gasteiger partial charge on any atom is -0.383 e. The average Bonchev–Trinajstić information content (AvgIpc) is 2.37. The molecule has 120 valence electrons. The normalized spacial score (nSPS) is 13.3. The fraction of sp³-hybridized carbons (Fsp3) is 0.684. The zero-order valence-electron chi connectivity index (χ0n) is 14.8. The van der Waals surface area contributed by atoms with Crippen LogP contribution in [0.25, 0.3) is 0 Å². The van der Waals surface area contributed by atoms with E-state index in [1.165, 1.54) is 37.1 Å². The Kier molecular flexibility index (Phi) is 7.07. The number of nitrogens with one attached hydrogen (secondary N) is 2. The maximum atomic E-state index is 3.64. The molecular formula is C19H34N2. The van der Waals surface area contributed by atoms with Crippen LogP contribution in [0.3, 0.4) is 0 Å². The SMILES string of the molecule is CCCCC(C)(C)Nc1ccc(NC(C)CC(C)C)cc1. The Morgan fingerprint density at radius 1 is 1.00 bits per heavy atom. The summed E-state index contributed by atoms with van der Waals surface area (Å²) in [6.45, 7) is 13.6. The number of anilines is 2. The molecule has 0 bridgehead atoms. The summed E-state index contributed by atoms with van der Waals surface area (Å²) in [6.07, 6.45) is 4.92. The van der Waals surface area contributed by atoms with E-state index in [0.717, 1.165) is 5.92 Å². The van der Waals surface area contributed by atoms with Crippen molar-refractivity contribution in [3.63, 3.8) is 0 Å². The van der Waals surface area contributed by atoms with E-state index in [4.69, 9.17) is 0 Å². The lowest BCUT2D eigenvalue weighted by Gasteiger charge is -2.28. The average molecular weight is 290 g/mol. The van der Waals surface area contributed by atoms with Gasteiger partial charge in [-0.05, 0) is 63.8 Å². The first kappa shape index (κ1) is 17.9. The lowest BCUT2D eigenvalue weighted by Crippen LogP contribution is -2.30. The molecule has 0 aliphatic heterocycles. The van der Waals surface area contributed by atoms with E-state index in [1.807, 2.05) is 0 Å². The van der Waals surface area contributed by atoms with Crippen LogP contribution >= 0.6 is 0 Å². The van der Waals surface area contributed by atoms with E-state index < -0.39 is 0 Å². The van der Waals surface area contributed by atoms with Crippen molar-refractivity contribution < 1.29 is 0 Å². The molecule has 0 spiro atoms. The largest absolute Gasteiger partial charge is 0.383 e. The highest BCUT2D eigenvalue weighted by molar-refractivity contribution is 5.54. The first-order chi connectivity index (χ1) is 9.82. The van der Waals surface area contributed by atoms with E-state index in [-0.39, 0.29) is 5.54 Å². The minimum absolute atomic E-state index is 0.163. The van der Waals surface area contributed by atoms with Crippen molar-refractivity contribution in [3.8, 4) is 0 Å². The van der Waals surface area contributed by atoms with E-state index in [9.17, 15) is 0 Å². The van der Waals surface area contributed by atoms with Gasteiger partial charge in [0, 0.05) is 23.0 Å². The molecule has 1 aromatic carbocycles. The van der Waals surface area contributed by atoms with Crippen molar-refractivity contribution in [1.82, 2.24) is 0 Å². The lowest BCUT2D eigenvalue weighted by molar-refractivity contribution is 0.493. The molecule has 0 saturated carbocycles. The third-order valence-electron chi connectivity index (χ3n) is 3.76. The Hall–Kier alpha value is -1.18. The third kappa shape index (κ3) is 7.40. The van der Waals surface area contributed by atoms with Crippen LogP contribution in [-0.4, -0.2) is 11.6 Å². The number of hydrogen-bond acceptors (Lipinski definition) is 2. The van der Waals surface area contributed by atoms with Crippen LogP contribution in [0.2, 0.25) is 0 Å². The summed E-state index contributed by atoms with van der Waals surface area (Å²) in [5.41, 5.74) is 2.58. The molecule has 0 aliphatic rings. The molecular weight excluding hydrogens is 256 g/mol. The molecule has 0 radical (unpaired) electrons. The lowest BCUT2D eigenvalue weighted by atomic mass is 9.97. The summed E-state index contributed by atoms with van der Waals surface area (Å²) in [7, 11) is 0. The fourth-order valence-corrected chi connectivity index (χ4v) is 2.77. The number of hydrogen-bond donors (Lipinski definition) is 2. The Morgan fingerprint density at radius 3 is 2.10 bits per heavy atom. The van der Waals surface area contributed by atoms with Gasteiger partial charge in [-0.3, -0.25) is 0 Å². The van der Waals surface area contributed by atoms with Crippen LogP contribution in [0, 0.1) is 5.92 Å². The molecule has 0 aliphatic carbocycles. The van der Waals surface area contributed by atoms with Gasteiger partial charge < -0.3 is 10.6 Å². The van der Waals surface area contributed by atoms with Gasteiger partial charge in [0.2, 0.25) is 0 Å². The molecule has 0 saturated heterocycles. The van der Waals surface area contributed by atoms with Crippen LogP contribution in [0.5, 0.6) is 0 Å². The van der Waals surface area contributed by atoms with E-state index in [0.29, 0.717) is 6.04 Å². The number of rotatable bonds is 9. The summed E-state index contributed by atoms with van der Waals surface area (Å²) >= 11 is 0. The molecule has 1 atom stereocenters. The Labute approximate surface area is 131 Å². The highest BCUT2D eigenvalue weighted by Crippen LogP contribution is 2.22. The van der Waals surface area contributed by atoms with Crippen LogP contribution in [0.4, 0.5) is 11.4 Å². The van der Waals surface area contributed by atoms with Gasteiger partial charge in [-0.15, -0.1) is 0 Å². The first-order valence-corrected chi connectivity index (χ1v) is 8.47. The van der Waals surface area contributed by atoms with E-state index >= 15 is 0 Å².